The normalized spacial score (nSPS) is 16.8. The second kappa shape index (κ2) is 9.91. The van der Waals surface area contributed by atoms with E-state index in [0.29, 0.717) is 43.3 Å². The maximum atomic E-state index is 13.0. The molecule has 3 aromatic rings. The number of esters is 1. The average Bonchev–Trinajstić information content (AvgIpc) is 3.58. The molecule has 0 saturated carbocycles. The first-order chi connectivity index (χ1) is 16.7. The highest BCUT2D eigenvalue weighted by Gasteiger charge is 2.31. The maximum Gasteiger partial charge on any atom is 0.340 e. The third-order valence-corrected chi connectivity index (χ3v) is 6.03. The van der Waals surface area contributed by atoms with E-state index < -0.39 is 5.97 Å². The Labute approximate surface area is 197 Å². The van der Waals surface area contributed by atoms with Crippen LogP contribution in [-0.2, 0) is 16.1 Å². The van der Waals surface area contributed by atoms with Gasteiger partial charge < -0.3 is 28.8 Å². The van der Waals surface area contributed by atoms with Gasteiger partial charge in [-0.2, -0.15) is 0 Å². The zero-order valence-corrected chi connectivity index (χ0v) is 18.7. The van der Waals surface area contributed by atoms with Crippen LogP contribution in [0.25, 0.3) is 0 Å². The molecule has 0 bridgehead atoms. The fourth-order valence-corrected chi connectivity index (χ4v) is 4.38. The summed E-state index contributed by atoms with van der Waals surface area (Å²) in [5.74, 6) is 1.41. The Bertz CT molecular complexity index is 1160. The number of carbonyl (C=O) groups is 2. The first-order valence-electron chi connectivity index (χ1n) is 11.4. The molecule has 1 N–H and O–H groups in total. The van der Waals surface area contributed by atoms with Gasteiger partial charge in [0, 0.05) is 12.2 Å². The number of hydrogen-bond acceptors (Lipinski definition) is 7. The Morgan fingerprint density at radius 3 is 2.74 bits per heavy atom. The van der Waals surface area contributed by atoms with E-state index >= 15 is 0 Å². The Hall–Kier alpha value is -3.94. The molecule has 2 aliphatic heterocycles. The number of anilines is 1. The smallest absolute Gasteiger partial charge is 0.340 e. The van der Waals surface area contributed by atoms with Gasteiger partial charge in [0.15, 0.2) is 18.1 Å². The molecule has 0 aliphatic carbocycles. The predicted molar refractivity (Wildman–Crippen MR) is 124 cm³/mol. The van der Waals surface area contributed by atoms with Gasteiger partial charge in [0.2, 0.25) is 0 Å². The molecule has 34 heavy (non-hydrogen) atoms. The van der Waals surface area contributed by atoms with Gasteiger partial charge in [-0.15, -0.1) is 0 Å². The van der Waals surface area contributed by atoms with E-state index in [4.69, 9.17) is 18.6 Å². The van der Waals surface area contributed by atoms with Crippen LogP contribution in [-0.4, -0.2) is 43.1 Å². The molecule has 1 fully saturated rings. The van der Waals surface area contributed by atoms with Gasteiger partial charge in [0.05, 0.1) is 24.4 Å². The van der Waals surface area contributed by atoms with Crippen molar-refractivity contribution < 1.29 is 28.2 Å². The van der Waals surface area contributed by atoms with E-state index in [9.17, 15) is 9.59 Å². The molecule has 8 nitrogen and oxygen atoms in total. The number of likely N-dealkylation sites (tertiary alicyclic amines) is 1. The summed E-state index contributed by atoms with van der Waals surface area (Å²) < 4.78 is 22.0. The van der Waals surface area contributed by atoms with Crippen LogP contribution in [0.3, 0.4) is 0 Å². The summed E-state index contributed by atoms with van der Waals surface area (Å²) in [6.07, 6.45) is 3.33. The second-order valence-corrected chi connectivity index (χ2v) is 8.20. The zero-order valence-electron chi connectivity index (χ0n) is 18.7. The topological polar surface area (TPSA) is 90.2 Å². The first-order valence-corrected chi connectivity index (χ1v) is 11.4. The lowest BCUT2D eigenvalue weighted by Crippen LogP contribution is -2.34. The minimum Gasteiger partial charge on any atom is -0.486 e. The van der Waals surface area contributed by atoms with Crippen molar-refractivity contribution in [3.63, 3.8) is 0 Å². The molecule has 176 valence electrons. The summed E-state index contributed by atoms with van der Waals surface area (Å²) in [5, 5.41) is 3.18. The lowest BCUT2D eigenvalue weighted by Gasteiger charge is -2.26. The summed E-state index contributed by atoms with van der Waals surface area (Å²) in [6, 6.07) is 16.4. The van der Waals surface area contributed by atoms with Crippen LogP contribution in [0.4, 0.5) is 5.69 Å². The van der Waals surface area contributed by atoms with Gasteiger partial charge >= 0.3 is 5.97 Å². The van der Waals surface area contributed by atoms with Crippen LogP contribution in [0.2, 0.25) is 0 Å². The fourth-order valence-electron chi connectivity index (χ4n) is 4.38. The molecule has 1 unspecified atom stereocenters. The van der Waals surface area contributed by atoms with E-state index in [-0.39, 0.29) is 18.6 Å². The van der Waals surface area contributed by atoms with Crippen molar-refractivity contribution >= 4 is 17.6 Å². The van der Waals surface area contributed by atoms with Crippen molar-refractivity contribution in [3.05, 3.63) is 77.7 Å². The molecule has 1 amide bonds. The molecule has 8 heteroatoms. The maximum absolute atomic E-state index is 13.0. The van der Waals surface area contributed by atoms with Crippen LogP contribution < -0.4 is 14.8 Å². The number of para-hydroxylation sites is 1. The average molecular weight is 463 g/mol. The molecule has 0 radical (unpaired) electrons. The highest BCUT2D eigenvalue weighted by Crippen LogP contribution is 2.38. The zero-order chi connectivity index (χ0) is 23.3. The summed E-state index contributed by atoms with van der Waals surface area (Å²) in [7, 11) is 0. The van der Waals surface area contributed by atoms with Gasteiger partial charge in [0.1, 0.15) is 19.0 Å². The highest BCUT2D eigenvalue weighted by atomic mass is 16.6. The summed E-state index contributed by atoms with van der Waals surface area (Å²) >= 11 is 0. The number of ether oxygens (including phenoxy) is 3. The van der Waals surface area contributed by atoms with Crippen molar-refractivity contribution in [1.82, 2.24) is 4.90 Å². The molecule has 2 aromatic carbocycles. The molecule has 2 aliphatic rings. The Kier molecular flexibility index (Phi) is 6.38. The third kappa shape index (κ3) is 4.71. The third-order valence-electron chi connectivity index (χ3n) is 6.03. The lowest BCUT2D eigenvalue weighted by molar-refractivity contribution is -0.135. The summed E-state index contributed by atoms with van der Waals surface area (Å²) in [4.78, 5) is 27.5. The van der Waals surface area contributed by atoms with Crippen molar-refractivity contribution in [3.8, 4) is 11.5 Å². The molecule has 1 aromatic heterocycles. The number of amides is 1. The number of hydrogen-bond donors (Lipinski definition) is 1. The molecule has 1 saturated heterocycles. The number of nitrogens with one attached hydrogen (secondary N) is 1. The van der Waals surface area contributed by atoms with E-state index in [1.54, 1.807) is 35.4 Å². The minimum absolute atomic E-state index is 0.0794. The number of furan rings is 1. The fraction of sp³-hybridized carbons (Fsp3) is 0.308. The molecule has 1 atom stereocenters. The van der Waals surface area contributed by atoms with Gasteiger partial charge in [0.25, 0.3) is 5.91 Å². The largest absolute Gasteiger partial charge is 0.486 e. The molecule has 5 rings (SSSR count). The van der Waals surface area contributed by atoms with Crippen LogP contribution in [0.1, 0.15) is 40.6 Å². The number of fused-ring (bicyclic) bond motifs is 1. The van der Waals surface area contributed by atoms with Gasteiger partial charge in [-0.25, -0.2) is 4.79 Å². The van der Waals surface area contributed by atoms with Crippen molar-refractivity contribution in [2.45, 2.75) is 25.4 Å². The number of benzene rings is 2. The van der Waals surface area contributed by atoms with Crippen LogP contribution in [0.15, 0.2) is 65.3 Å². The van der Waals surface area contributed by atoms with Gasteiger partial charge in [-0.3, -0.25) is 4.79 Å². The van der Waals surface area contributed by atoms with Crippen molar-refractivity contribution in [2.75, 3.05) is 31.7 Å². The summed E-state index contributed by atoms with van der Waals surface area (Å²) in [5.41, 5.74) is 1.98. The SMILES string of the molecule is O=C(OCC(=O)N1CCCC1c1ccc2c(c1)OCCO2)c1ccccc1NCc1ccco1. The quantitative estimate of drug-likeness (QED) is 0.527. The Balaban J connectivity index is 1.21. The van der Waals surface area contributed by atoms with Crippen molar-refractivity contribution in [2.24, 2.45) is 0 Å². The number of rotatable bonds is 7. The van der Waals surface area contributed by atoms with E-state index in [1.807, 2.05) is 30.3 Å². The van der Waals surface area contributed by atoms with Crippen LogP contribution in [0.5, 0.6) is 11.5 Å². The van der Waals surface area contributed by atoms with E-state index in [0.717, 1.165) is 29.9 Å². The van der Waals surface area contributed by atoms with Gasteiger partial charge in [-0.1, -0.05) is 18.2 Å². The van der Waals surface area contributed by atoms with Crippen LogP contribution >= 0.6 is 0 Å². The Morgan fingerprint density at radius 1 is 1.03 bits per heavy atom. The van der Waals surface area contributed by atoms with Crippen LogP contribution in [0, 0.1) is 0 Å². The van der Waals surface area contributed by atoms with E-state index in [2.05, 4.69) is 5.32 Å². The second-order valence-electron chi connectivity index (χ2n) is 8.20. The Morgan fingerprint density at radius 2 is 1.88 bits per heavy atom. The number of nitrogens with zero attached hydrogens (tertiary/aromatic N) is 1. The molecule has 3 heterocycles. The summed E-state index contributed by atoms with van der Waals surface area (Å²) in [6.45, 7) is 1.79. The molecule has 0 spiro atoms. The van der Waals surface area contributed by atoms with E-state index in [1.165, 1.54) is 0 Å². The monoisotopic (exact) mass is 462 g/mol. The number of carbonyl (C=O) groups excluding carboxylic acids is 2. The lowest BCUT2D eigenvalue weighted by atomic mass is 10.0. The van der Waals surface area contributed by atoms with Crippen molar-refractivity contribution in [1.29, 1.82) is 0 Å². The predicted octanol–water partition coefficient (Wildman–Crippen LogP) is 4.18. The van der Waals surface area contributed by atoms with Gasteiger partial charge in [-0.05, 0) is 54.8 Å². The highest BCUT2D eigenvalue weighted by molar-refractivity contribution is 5.96. The molecular formula is C26H26N2O6. The molecular weight excluding hydrogens is 436 g/mol. The minimum atomic E-state index is -0.550. The standard InChI is InChI=1S/C26H26N2O6/c29-25(28-11-3-8-22(28)18-9-10-23-24(15-18)33-14-13-32-23)17-34-26(30)20-6-1-2-7-21(20)27-16-19-5-4-12-31-19/h1-2,4-7,9-10,12,15,22,27H,3,8,11,13-14,16-17H2. The first kappa shape index (κ1) is 21.9.